The highest BCUT2D eigenvalue weighted by atomic mass is 16.4. The maximum atomic E-state index is 12.3. The molecule has 0 aliphatic carbocycles. The zero-order valence-electron chi connectivity index (χ0n) is 14.9. The minimum absolute atomic E-state index is 0.102. The molecular formula is C19H20N4O3. The van der Waals surface area contributed by atoms with Gasteiger partial charge in [-0.2, -0.15) is 0 Å². The van der Waals surface area contributed by atoms with Gasteiger partial charge in [0.1, 0.15) is 6.54 Å². The molecule has 0 radical (unpaired) electrons. The van der Waals surface area contributed by atoms with Crippen LogP contribution in [0, 0.1) is 13.8 Å². The van der Waals surface area contributed by atoms with Crippen molar-refractivity contribution in [3.05, 3.63) is 63.9 Å². The first-order valence-corrected chi connectivity index (χ1v) is 8.36. The van der Waals surface area contributed by atoms with Crippen LogP contribution in [0.4, 0.5) is 5.69 Å². The lowest BCUT2D eigenvalue weighted by Gasteiger charge is -2.10. The van der Waals surface area contributed by atoms with Crippen molar-refractivity contribution in [2.24, 2.45) is 0 Å². The molecule has 1 amide bonds. The van der Waals surface area contributed by atoms with E-state index in [1.165, 1.54) is 10.6 Å². The number of carbonyl (C=O) groups is 1. The van der Waals surface area contributed by atoms with E-state index in [-0.39, 0.29) is 18.0 Å². The molecule has 134 valence electrons. The van der Waals surface area contributed by atoms with Gasteiger partial charge < -0.3 is 14.3 Å². The summed E-state index contributed by atoms with van der Waals surface area (Å²) in [6, 6.07) is 8.76. The molecule has 1 aromatic carbocycles. The molecule has 0 unspecified atom stereocenters. The number of anilines is 1. The van der Waals surface area contributed by atoms with Gasteiger partial charge in [-0.1, -0.05) is 24.6 Å². The predicted octanol–water partition coefficient (Wildman–Crippen LogP) is 2.72. The molecule has 0 atom stereocenters. The zero-order chi connectivity index (χ0) is 18.7. The first-order valence-electron chi connectivity index (χ1n) is 8.36. The minimum atomic E-state index is -0.282. The van der Waals surface area contributed by atoms with Crippen LogP contribution in [0.3, 0.4) is 0 Å². The Bertz CT molecular complexity index is 1000. The molecule has 3 aromatic rings. The molecule has 2 heterocycles. The van der Waals surface area contributed by atoms with E-state index in [2.05, 4.69) is 15.5 Å². The Balaban J connectivity index is 1.79. The molecule has 0 spiro atoms. The monoisotopic (exact) mass is 352 g/mol. The normalized spacial score (nSPS) is 10.7. The third-order valence-electron chi connectivity index (χ3n) is 3.97. The number of amides is 1. The summed E-state index contributed by atoms with van der Waals surface area (Å²) in [5.41, 5.74) is 3.14. The fourth-order valence-electron chi connectivity index (χ4n) is 2.59. The largest absolute Gasteiger partial charge is 0.421 e. The van der Waals surface area contributed by atoms with Gasteiger partial charge in [-0.15, -0.1) is 10.2 Å². The molecule has 0 aliphatic rings. The van der Waals surface area contributed by atoms with E-state index in [4.69, 9.17) is 4.42 Å². The Morgan fingerprint density at radius 1 is 1.19 bits per heavy atom. The lowest BCUT2D eigenvalue weighted by molar-refractivity contribution is -0.116. The fraction of sp³-hybridized carbons (Fsp3) is 0.263. The smallest absolute Gasteiger partial charge is 0.251 e. The molecule has 0 bridgehead atoms. The maximum Gasteiger partial charge on any atom is 0.251 e. The molecule has 26 heavy (non-hydrogen) atoms. The number of nitrogens with zero attached hydrogens (tertiary/aromatic N) is 3. The number of pyridine rings is 1. The second-order valence-electron chi connectivity index (χ2n) is 6.10. The number of hydrogen-bond acceptors (Lipinski definition) is 5. The second-order valence-corrected chi connectivity index (χ2v) is 6.10. The second kappa shape index (κ2) is 7.35. The van der Waals surface area contributed by atoms with Crippen LogP contribution in [0.1, 0.15) is 23.9 Å². The highest BCUT2D eigenvalue weighted by Gasteiger charge is 2.11. The molecule has 0 saturated carbocycles. The maximum absolute atomic E-state index is 12.3. The van der Waals surface area contributed by atoms with E-state index in [0.29, 0.717) is 23.8 Å². The summed E-state index contributed by atoms with van der Waals surface area (Å²) >= 11 is 0. The number of aromatic nitrogens is 3. The third-order valence-corrected chi connectivity index (χ3v) is 3.97. The summed E-state index contributed by atoms with van der Waals surface area (Å²) < 4.78 is 6.83. The summed E-state index contributed by atoms with van der Waals surface area (Å²) in [4.78, 5) is 24.4. The number of benzene rings is 1. The number of carbonyl (C=O) groups excluding carboxylic acids is 1. The summed E-state index contributed by atoms with van der Waals surface area (Å²) in [7, 11) is 0. The zero-order valence-corrected chi connectivity index (χ0v) is 14.9. The Labute approximate surface area is 150 Å². The SMILES string of the molecule is CCc1nnc(-c2ccc(=O)n(CC(=O)Nc3ccc(C)cc3C)c2)o1. The Morgan fingerprint density at radius 3 is 2.69 bits per heavy atom. The van der Waals surface area contributed by atoms with Crippen molar-refractivity contribution in [3.8, 4) is 11.5 Å². The molecule has 0 fully saturated rings. The van der Waals surface area contributed by atoms with E-state index >= 15 is 0 Å². The average Bonchev–Trinajstić information content (AvgIpc) is 3.08. The lowest BCUT2D eigenvalue weighted by Crippen LogP contribution is -2.27. The Hall–Kier alpha value is -3.22. The van der Waals surface area contributed by atoms with Crippen molar-refractivity contribution >= 4 is 11.6 Å². The van der Waals surface area contributed by atoms with Crippen molar-refractivity contribution < 1.29 is 9.21 Å². The van der Waals surface area contributed by atoms with Crippen LogP contribution in [0.15, 0.2) is 45.7 Å². The first-order chi connectivity index (χ1) is 12.5. The Morgan fingerprint density at radius 2 is 2.00 bits per heavy atom. The van der Waals surface area contributed by atoms with Crippen LogP contribution in [0.2, 0.25) is 0 Å². The molecule has 0 aliphatic heterocycles. The predicted molar refractivity (Wildman–Crippen MR) is 97.9 cm³/mol. The van der Waals surface area contributed by atoms with E-state index < -0.39 is 0 Å². The molecule has 3 rings (SSSR count). The number of aryl methyl sites for hydroxylation is 3. The van der Waals surface area contributed by atoms with Gasteiger partial charge >= 0.3 is 0 Å². The van der Waals surface area contributed by atoms with Gasteiger partial charge in [-0.25, -0.2) is 0 Å². The molecule has 7 nitrogen and oxygen atoms in total. The average molecular weight is 352 g/mol. The molecule has 2 aromatic heterocycles. The summed E-state index contributed by atoms with van der Waals surface area (Å²) in [6.45, 7) is 5.73. The van der Waals surface area contributed by atoms with Crippen molar-refractivity contribution in [1.82, 2.24) is 14.8 Å². The van der Waals surface area contributed by atoms with Crippen molar-refractivity contribution in [2.45, 2.75) is 33.7 Å². The quantitative estimate of drug-likeness (QED) is 0.762. The summed E-state index contributed by atoms with van der Waals surface area (Å²) in [5.74, 6) is 0.562. The van der Waals surface area contributed by atoms with Gasteiger partial charge in [0.2, 0.25) is 17.7 Å². The molecule has 7 heteroatoms. The van der Waals surface area contributed by atoms with E-state index in [1.807, 2.05) is 39.0 Å². The molecular weight excluding hydrogens is 332 g/mol. The molecule has 1 N–H and O–H groups in total. The van der Waals surface area contributed by atoms with Crippen molar-refractivity contribution in [3.63, 3.8) is 0 Å². The van der Waals surface area contributed by atoms with Crippen molar-refractivity contribution in [2.75, 3.05) is 5.32 Å². The van der Waals surface area contributed by atoms with Crippen LogP contribution in [-0.4, -0.2) is 20.7 Å². The van der Waals surface area contributed by atoms with E-state index in [9.17, 15) is 9.59 Å². The lowest BCUT2D eigenvalue weighted by atomic mass is 10.1. The van der Waals surface area contributed by atoms with Gasteiger partial charge in [0.25, 0.3) is 5.56 Å². The van der Waals surface area contributed by atoms with E-state index in [1.54, 1.807) is 12.3 Å². The van der Waals surface area contributed by atoms with Gasteiger partial charge in [-0.05, 0) is 31.5 Å². The Kier molecular flexibility index (Phi) is 4.97. The third kappa shape index (κ3) is 3.88. The molecule has 0 saturated heterocycles. The summed E-state index contributed by atoms with van der Waals surface area (Å²) in [6.07, 6.45) is 2.18. The first kappa shape index (κ1) is 17.6. The fourth-order valence-corrected chi connectivity index (χ4v) is 2.59. The standard InChI is InChI=1S/C19H20N4O3/c1-4-17-21-22-19(26-17)14-6-8-18(25)23(10-14)11-16(24)20-15-7-5-12(2)9-13(15)3/h5-10H,4,11H2,1-3H3,(H,20,24). The summed E-state index contributed by atoms with van der Waals surface area (Å²) in [5, 5.41) is 10.7. The van der Waals surface area contributed by atoms with E-state index in [0.717, 1.165) is 16.8 Å². The van der Waals surface area contributed by atoms with Crippen molar-refractivity contribution in [1.29, 1.82) is 0 Å². The van der Waals surface area contributed by atoms with Crippen LogP contribution in [0.5, 0.6) is 0 Å². The van der Waals surface area contributed by atoms with Crippen LogP contribution in [0.25, 0.3) is 11.5 Å². The number of hydrogen-bond donors (Lipinski definition) is 1. The highest BCUT2D eigenvalue weighted by molar-refractivity contribution is 5.91. The highest BCUT2D eigenvalue weighted by Crippen LogP contribution is 2.17. The van der Waals surface area contributed by atoms with Crippen LogP contribution < -0.4 is 10.9 Å². The van der Waals surface area contributed by atoms with Gasteiger partial charge in [0.15, 0.2) is 0 Å². The van der Waals surface area contributed by atoms with Crippen LogP contribution >= 0.6 is 0 Å². The van der Waals surface area contributed by atoms with Gasteiger partial charge in [0, 0.05) is 24.4 Å². The van der Waals surface area contributed by atoms with Crippen LogP contribution in [-0.2, 0) is 17.8 Å². The topological polar surface area (TPSA) is 90.0 Å². The number of nitrogens with one attached hydrogen (secondary N) is 1. The minimum Gasteiger partial charge on any atom is -0.421 e. The number of rotatable bonds is 5. The van der Waals surface area contributed by atoms with Gasteiger partial charge in [-0.3, -0.25) is 9.59 Å². The van der Waals surface area contributed by atoms with Gasteiger partial charge in [0.05, 0.1) is 5.56 Å².